The van der Waals surface area contributed by atoms with E-state index >= 15 is 0 Å². The van der Waals surface area contributed by atoms with E-state index in [1.165, 1.54) is 0 Å². The quantitative estimate of drug-likeness (QED) is 0.551. The predicted octanol–water partition coefficient (Wildman–Crippen LogP) is 4.85. The zero-order valence-corrected chi connectivity index (χ0v) is 16.9. The number of rotatable bonds is 6. The highest BCUT2D eigenvalue weighted by molar-refractivity contribution is 9.10. The van der Waals surface area contributed by atoms with Crippen molar-refractivity contribution in [3.63, 3.8) is 0 Å². The molecular weight excluding hydrogens is 408 g/mol. The van der Waals surface area contributed by atoms with E-state index in [1.54, 1.807) is 6.20 Å². The van der Waals surface area contributed by atoms with Crippen molar-refractivity contribution in [3.8, 4) is 0 Å². The molecule has 0 saturated carbocycles. The number of halogens is 1. The van der Waals surface area contributed by atoms with Crippen LogP contribution in [-0.4, -0.2) is 23.5 Å². The first-order valence-corrected chi connectivity index (χ1v) is 9.67. The average molecular weight is 429 g/mol. The molecule has 2 N–H and O–H groups in total. The molecule has 2 aromatic carbocycles. The highest BCUT2D eigenvalue weighted by Gasteiger charge is 2.16. The summed E-state index contributed by atoms with van der Waals surface area (Å²) >= 11 is 3.40. The molecule has 1 amide bonds. The second-order valence-electron chi connectivity index (χ2n) is 6.17. The Bertz CT molecular complexity index is 972. The van der Waals surface area contributed by atoms with E-state index in [1.807, 2.05) is 50.2 Å². The van der Waals surface area contributed by atoms with E-state index < -0.39 is 5.97 Å². The number of benzene rings is 2. The van der Waals surface area contributed by atoms with Gasteiger partial charge in [-0.1, -0.05) is 48.0 Å². The van der Waals surface area contributed by atoms with Gasteiger partial charge in [0, 0.05) is 27.3 Å². The van der Waals surface area contributed by atoms with E-state index in [4.69, 9.17) is 4.74 Å². The van der Waals surface area contributed by atoms with Crippen LogP contribution in [0.4, 0.5) is 5.69 Å². The predicted molar refractivity (Wildman–Crippen MR) is 110 cm³/mol. The molecule has 0 aliphatic heterocycles. The van der Waals surface area contributed by atoms with Crippen LogP contribution in [0.3, 0.4) is 0 Å². The van der Waals surface area contributed by atoms with Crippen molar-refractivity contribution in [2.24, 2.45) is 0 Å². The Morgan fingerprint density at radius 2 is 1.81 bits per heavy atom. The molecule has 6 heteroatoms. The number of ether oxygens (including phenoxy) is 1. The minimum Gasteiger partial charge on any atom is -0.452 e. The molecule has 0 radical (unpaired) electrons. The van der Waals surface area contributed by atoms with Crippen LogP contribution >= 0.6 is 15.9 Å². The summed E-state index contributed by atoms with van der Waals surface area (Å²) in [7, 11) is 0. The lowest BCUT2D eigenvalue weighted by Gasteiger charge is -2.14. The lowest BCUT2D eigenvalue weighted by molar-refractivity contribution is -0.119. The van der Waals surface area contributed by atoms with E-state index in [9.17, 15) is 9.59 Å². The number of anilines is 1. The van der Waals surface area contributed by atoms with Crippen molar-refractivity contribution < 1.29 is 14.3 Å². The number of nitrogens with one attached hydrogen (secondary N) is 2. The third-order valence-corrected chi connectivity index (χ3v) is 4.95. The number of carbonyl (C=O) groups excluding carboxylic acids is 2. The zero-order valence-electron chi connectivity index (χ0n) is 15.3. The van der Waals surface area contributed by atoms with Crippen molar-refractivity contribution in [2.75, 3.05) is 11.9 Å². The molecule has 5 nitrogen and oxygen atoms in total. The van der Waals surface area contributed by atoms with Crippen molar-refractivity contribution in [1.82, 2.24) is 4.98 Å². The Labute approximate surface area is 166 Å². The fourth-order valence-electron chi connectivity index (χ4n) is 3.05. The first-order valence-electron chi connectivity index (χ1n) is 8.87. The standard InChI is InChI=1S/C21H21BrN2O3/c1-3-13-6-5-7-14(4-2)20(13)24-19(25)12-27-21(26)17-11-23-18-9-8-15(22)10-16(17)18/h5-11,23H,3-4,12H2,1-2H3,(H,24,25). The van der Waals surface area contributed by atoms with Crippen LogP contribution in [0.2, 0.25) is 0 Å². The normalized spacial score (nSPS) is 10.8. The Morgan fingerprint density at radius 1 is 1.11 bits per heavy atom. The molecule has 1 heterocycles. The lowest BCUT2D eigenvalue weighted by atomic mass is 10.0. The molecule has 0 saturated heterocycles. The van der Waals surface area contributed by atoms with Crippen molar-refractivity contribution in [1.29, 1.82) is 0 Å². The summed E-state index contributed by atoms with van der Waals surface area (Å²) in [6, 6.07) is 11.6. The fraction of sp³-hybridized carbons (Fsp3) is 0.238. The number of carbonyl (C=O) groups is 2. The van der Waals surface area contributed by atoms with Gasteiger partial charge in [-0.15, -0.1) is 0 Å². The summed E-state index contributed by atoms with van der Waals surface area (Å²) in [6.45, 7) is 3.75. The van der Waals surface area contributed by atoms with Crippen molar-refractivity contribution >= 4 is 44.4 Å². The molecular formula is C21H21BrN2O3. The van der Waals surface area contributed by atoms with Gasteiger partial charge in [0.15, 0.2) is 6.61 Å². The average Bonchev–Trinajstić information content (AvgIpc) is 3.09. The molecule has 3 rings (SSSR count). The topological polar surface area (TPSA) is 71.2 Å². The number of esters is 1. The molecule has 0 unspecified atom stereocenters. The Kier molecular flexibility index (Phi) is 5.96. The van der Waals surface area contributed by atoms with Crippen molar-refractivity contribution in [2.45, 2.75) is 26.7 Å². The molecule has 1 aromatic heterocycles. The molecule has 140 valence electrons. The van der Waals surface area contributed by atoms with Crippen LogP contribution in [0.25, 0.3) is 10.9 Å². The molecule has 27 heavy (non-hydrogen) atoms. The van der Waals surface area contributed by atoms with Gasteiger partial charge in [-0.25, -0.2) is 4.79 Å². The first-order chi connectivity index (χ1) is 13.0. The van der Waals surface area contributed by atoms with Crippen LogP contribution in [0.15, 0.2) is 47.1 Å². The van der Waals surface area contributed by atoms with Gasteiger partial charge in [-0.3, -0.25) is 4.79 Å². The van der Waals surface area contributed by atoms with Gasteiger partial charge in [0.05, 0.1) is 5.56 Å². The summed E-state index contributed by atoms with van der Waals surface area (Å²) in [6.07, 6.45) is 3.22. The minimum atomic E-state index is -0.533. The number of aryl methyl sites for hydroxylation is 2. The van der Waals surface area contributed by atoms with Gasteiger partial charge >= 0.3 is 5.97 Å². The summed E-state index contributed by atoms with van der Waals surface area (Å²) < 4.78 is 6.09. The van der Waals surface area contributed by atoms with E-state index in [0.717, 1.165) is 45.0 Å². The maximum absolute atomic E-state index is 12.4. The summed E-state index contributed by atoms with van der Waals surface area (Å²) in [5.41, 5.74) is 4.19. The van der Waals surface area contributed by atoms with E-state index in [2.05, 4.69) is 26.2 Å². The third-order valence-electron chi connectivity index (χ3n) is 4.46. The van der Waals surface area contributed by atoms with Crippen molar-refractivity contribution in [3.05, 3.63) is 63.8 Å². The van der Waals surface area contributed by atoms with Gasteiger partial charge in [0.25, 0.3) is 5.91 Å². The number of H-pyrrole nitrogens is 1. The number of fused-ring (bicyclic) bond motifs is 1. The molecule has 0 aliphatic carbocycles. The SMILES string of the molecule is CCc1cccc(CC)c1NC(=O)COC(=O)c1c[nH]c2ccc(Br)cc12. The molecule has 0 aliphatic rings. The highest BCUT2D eigenvalue weighted by Crippen LogP contribution is 2.24. The fourth-order valence-corrected chi connectivity index (χ4v) is 3.41. The molecule has 3 aromatic rings. The van der Waals surface area contributed by atoms with Crippen LogP contribution < -0.4 is 5.32 Å². The zero-order chi connectivity index (χ0) is 19.4. The van der Waals surface area contributed by atoms with Gasteiger partial charge < -0.3 is 15.0 Å². The first kappa shape index (κ1) is 19.2. The van der Waals surface area contributed by atoms with Crippen LogP contribution in [-0.2, 0) is 22.4 Å². The second kappa shape index (κ2) is 8.39. The molecule has 0 bridgehead atoms. The summed E-state index contributed by atoms with van der Waals surface area (Å²) in [5.74, 6) is -0.881. The monoisotopic (exact) mass is 428 g/mol. The maximum Gasteiger partial charge on any atom is 0.340 e. The summed E-state index contributed by atoms with van der Waals surface area (Å²) in [4.78, 5) is 27.8. The van der Waals surface area contributed by atoms with Gasteiger partial charge in [0.2, 0.25) is 0 Å². The highest BCUT2D eigenvalue weighted by atomic mass is 79.9. The minimum absolute atomic E-state index is 0.333. The largest absolute Gasteiger partial charge is 0.452 e. The van der Waals surface area contributed by atoms with Crippen LogP contribution in [0.1, 0.15) is 35.3 Å². The van der Waals surface area contributed by atoms with Crippen LogP contribution in [0.5, 0.6) is 0 Å². The lowest BCUT2D eigenvalue weighted by Crippen LogP contribution is -2.22. The third kappa shape index (κ3) is 4.22. The van der Waals surface area contributed by atoms with Crippen LogP contribution in [0, 0.1) is 0 Å². The Morgan fingerprint density at radius 3 is 2.48 bits per heavy atom. The second-order valence-corrected chi connectivity index (χ2v) is 7.09. The number of amides is 1. The van der Waals surface area contributed by atoms with E-state index in [0.29, 0.717) is 5.56 Å². The smallest absolute Gasteiger partial charge is 0.340 e. The number of aromatic amines is 1. The molecule has 0 atom stereocenters. The van der Waals surface area contributed by atoms with E-state index in [-0.39, 0.29) is 12.5 Å². The van der Waals surface area contributed by atoms with Gasteiger partial charge in [-0.05, 0) is 42.2 Å². The molecule has 0 spiro atoms. The molecule has 0 fully saturated rings. The maximum atomic E-state index is 12.4. The summed E-state index contributed by atoms with van der Waals surface area (Å²) in [5, 5.41) is 3.65. The number of hydrogen-bond acceptors (Lipinski definition) is 3. The van der Waals surface area contributed by atoms with Gasteiger partial charge in [0.1, 0.15) is 0 Å². The number of para-hydroxylation sites is 1. The Balaban J connectivity index is 1.69. The van der Waals surface area contributed by atoms with Gasteiger partial charge in [-0.2, -0.15) is 0 Å². The Hall–Kier alpha value is -2.60. The number of aromatic nitrogens is 1. The number of hydrogen-bond donors (Lipinski definition) is 2.